The third-order valence-electron chi connectivity index (χ3n) is 3.59. The predicted molar refractivity (Wildman–Crippen MR) is 63.5 cm³/mol. The van der Waals surface area contributed by atoms with Gasteiger partial charge in [0.25, 0.3) is 0 Å². The van der Waals surface area contributed by atoms with E-state index in [-0.39, 0.29) is 11.6 Å². The van der Waals surface area contributed by atoms with Crippen LogP contribution in [0, 0.1) is 0 Å². The number of aromatic nitrogens is 4. The first-order valence-electron chi connectivity index (χ1n) is 6.25. The number of rotatable bonds is 6. The highest BCUT2D eigenvalue weighted by Gasteiger charge is 2.38. The maximum Gasteiger partial charge on any atom is 0.168 e. The van der Waals surface area contributed by atoms with Gasteiger partial charge in [-0.1, -0.05) is 6.92 Å². The van der Waals surface area contributed by atoms with Crippen LogP contribution in [0.1, 0.15) is 45.0 Å². The molecule has 1 aliphatic rings. The number of hydrogen-bond acceptors (Lipinski definition) is 5. The van der Waals surface area contributed by atoms with Gasteiger partial charge in [0.15, 0.2) is 5.82 Å². The van der Waals surface area contributed by atoms with Gasteiger partial charge in [-0.3, -0.25) is 0 Å². The number of hydrogen-bond donors (Lipinski definition) is 1. The van der Waals surface area contributed by atoms with Crippen molar-refractivity contribution in [3.05, 3.63) is 5.82 Å². The minimum atomic E-state index is -0.0456. The third-order valence-corrected chi connectivity index (χ3v) is 3.59. The lowest BCUT2D eigenvalue weighted by Gasteiger charge is -2.40. The van der Waals surface area contributed by atoms with Gasteiger partial charge in [-0.15, -0.1) is 5.10 Å². The van der Waals surface area contributed by atoms with Crippen LogP contribution in [-0.2, 0) is 11.3 Å². The van der Waals surface area contributed by atoms with Gasteiger partial charge < -0.3 is 10.1 Å². The van der Waals surface area contributed by atoms with Crippen molar-refractivity contribution in [1.82, 2.24) is 25.5 Å². The lowest BCUT2D eigenvalue weighted by Crippen LogP contribution is -2.44. The van der Waals surface area contributed by atoms with Gasteiger partial charge in [-0.25, -0.2) is 4.68 Å². The van der Waals surface area contributed by atoms with E-state index >= 15 is 0 Å². The predicted octanol–water partition coefficient (Wildman–Crippen LogP) is 0.913. The second kappa shape index (κ2) is 5.10. The van der Waals surface area contributed by atoms with Crippen LogP contribution >= 0.6 is 0 Å². The van der Waals surface area contributed by atoms with E-state index in [1.54, 1.807) is 7.11 Å². The Labute approximate surface area is 102 Å². The summed E-state index contributed by atoms with van der Waals surface area (Å²) in [5.74, 6) is 0.884. The Morgan fingerprint density at radius 2 is 2.29 bits per heavy atom. The lowest BCUT2D eigenvalue weighted by molar-refractivity contribution is -0.0864. The molecular formula is C11H21N5O. The van der Waals surface area contributed by atoms with Crippen LogP contribution in [0.15, 0.2) is 0 Å². The maximum absolute atomic E-state index is 5.61. The van der Waals surface area contributed by atoms with Gasteiger partial charge in [0.2, 0.25) is 0 Å². The molecule has 6 nitrogen and oxygen atoms in total. The number of nitrogens with one attached hydrogen (secondary N) is 1. The summed E-state index contributed by atoms with van der Waals surface area (Å²) in [7, 11) is 1.77. The molecule has 17 heavy (non-hydrogen) atoms. The van der Waals surface area contributed by atoms with Crippen LogP contribution < -0.4 is 5.32 Å². The fraction of sp³-hybridized carbons (Fsp3) is 0.909. The zero-order valence-corrected chi connectivity index (χ0v) is 10.8. The largest absolute Gasteiger partial charge is 0.376 e. The summed E-state index contributed by atoms with van der Waals surface area (Å²) < 4.78 is 7.48. The normalized spacial score (nSPS) is 19.9. The Morgan fingerprint density at radius 3 is 2.82 bits per heavy atom. The minimum Gasteiger partial charge on any atom is -0.376 e. The molecule has 0 aliphatic heterocycles. The first-order chi connectivity index (χ1) is 8.21. The number of nitrogens with zero attached hydrogens (tertiary/aromatic N) is 4. The molecular weight excluding hydrogens is 218 g/mol. The van der Waals surface area contributed by atoms with Crippen molar-refractivity contribution >= 4 is 0 Å². The molecule has 1 unspecified atom stereocenters. The summed E-state index contributed by atoms with van der Waals surface area (Å²) in [4.78, 5) is 0. The van der Waals surface area contributed by atoms with Crippen molar-refractivity contribution in [1.29, 1.82) is 0 Å². The highest BCUT2D eigenvalue weighted by Crippen LogP contribution is 2.36. The van der Waals surface area contributed by atoms with Gasteiger partial charge >= 0.3 is 0 Å². The summed E-state index contributed by atoms with van der Waals surface area (Å²) in [6, 6.07) is 0.170. The molecule has 0 amide bonds. The van der Waals surface area contributed by atoms with Crippen molar-refractivity contribution in [3.8, 4) is 0 Å². The summed E-state index contributed by atoms with van der Waals surface area (Å²) in [6.45, 7) is 5.81. The molecule has 1 N–H and O–H groups in total. The molecule has 6 heteroatoms. The van der Waals surface area contributed by atoms with Crippen LogP contribution in [0.25, 0.3) is 0 Å². The average molecular weight is 239 g/mol. The van der Waals surface area contributed by atoms with Crippen molar-refractivity contribution in [2.45, 2.75) is 51.3 Å². The van der Waals surface area contributed by atoms with E-state index in [0.29, 0.717) is 0 Å². The molecule has 1 aliphatic carbocycles. The van der Waals surface area contributed by atoms with Crippen molar-refractivity contribution in [2.75, 3.05) is 13.7 Å². The van der Waals surface area contributed by atoms with Crippen LogP contribution in [-0.4, -0.2) is 39.5 Å². The number of methoxy groups -OCH3 is 1. The number of ether oxygens (including phenoxy) is 1. The average Bonchev–Trinajstić information content (AvgIpc) is 2.71. The molecule has 0 spiro atoms. The van der Waals surface area contributed by atoms with Crippen molar-refractivity contribution < 1.29 is 4.74 Å². The van der Waals surface area contributed by atoms with Gasteiger partial charge in [0.05, 0.1) is 18.2 Å². The molecule has 1 atom stereocenters. The fourth-order valence-electron chi connectivity index (χ4n) is 2.30. The Balaban J connectivity index is 2.08. The number of tetrazole rings is 1. The van der Waals surface area contributed by atoms with Crippen molar-refractivity contribution in [2.24, 2.45) is 0 Å². The van der Waals surface area contributed by atoms with Crippen LogP contribution in [0.5, 0.6) is 0 Å². The molecule has 0 bridgehead atoms. The molecule has 1 aromatic rings. The summed E-state index contributed by atoms with van der Waals surface area (Å²) >= 11 is 0. The summed E-state index contributed by atoms with van der Waals surface area (Å²) in [6.07, 6.45) is 3.42. The Bertz CT molecular complexity index is 355. The quantitative estimate of drug-likeness (QED) is 0.799. The topological polar surface area (TPSA) is 64.9 Å². The minimum absolute atomic E-state index is 0.0456. The molecule has 1 aromatic heterocycles. The van der Waals surface area contributed by atoms with E-state index < -0.39 is 0 Å². The van der Waals surface area contributed by atoms with E-state index in [0.717, 1.165) is 31.8 Å². The van der Waals surface area contributed by atoms with Crippen LogP contribution in [0.3, 0.4) is 0 Å². The zero-order valence-electron chi connectivity index (χ0n) is 10.8. The van der Waals surface area contributed by atoms with Crippen LogP contribution in [0.4, 0.5) is 0 Å². The first kappa shape index (κ1) is 12.4. The van der Waals surface area contributed by atoms with E-state index in [2.05, 4.69) is 34.7 Å². The lowest BCUT2D eigenvalue weighted by atomic mass is 9.80. The fourth-order valence-corrected chi connectivity index (χ4v) is 2.30. The third kappa shape index (κ3) is 2.47. The van der Waals surface area contributed by atoms with E-state index in [1.807, 2.05) is 4.68 Å². The zero-order chi connectivity index (χ0) is 12.3. The summed E-state index contributed by atoms with van der Waals surface area (Å²) in [5, 5.41) is 15.3. The highest BCUT2D eigenvalue weighted by atomic mass is 16.5. The molecule has 0 aromatic carbocycles. The molecule has 1 saturated carbocycles. The SMILES string of the molecule is CCNC(C)c1nnnn1CC1(OC)CCC1. The Morgan fingerprint density at radius 1 is 1.53 bits per heavy atom. The van der Waals surface area contributed by atoms with E-state index in [9.17, 15) is 0 Å². The second-order valence-electron chi connectivity index (χ2n) is 4.71. The monoisotopic (exact) mass is 239 g/mol. The maximum atomic E-state index is 5.61. The molecule has 1 heterocycles. The summed E-state index contributed by atoms with van der Waals surface area (Å²) in [5.41, 5.74) is -0.0456. The van der Waals surface area contributed by atoms with E-state index in [4.69, 9.17) is 4.74 Å². The standard InChI is InChI=1S/C11H21N5O/c1-4-12-9(2)10-13-14-15-16(10)8-11(17-3)6-5-7-11/h9,12H,4-8H2,1-3H3. The molecule has 0 radical (unpaired) electrons. The van der Waals surface area contributed by atoms with Crippen molar-refractivity contribution in [3.63, 3.8) is 0 Å². The molecule has 96 valence electrons. The van der Waals surface area contributed by atoms with E-state index in [1.165, 1.54) is 6.42 Å². The molecule has 1 fully saturated rings. The smallest absolute Gasteiger partial charge is 0.168 e. The van der Waals surface area contributed by atoms with Gasteiger partial charge in [-0.05, 0) is 43.2 Å². The molecule has 2 rings (SSSR count). The Kier molecular flexibility index (Phi) is 3.73. The second-order valence-corrected chi connectivity index (χ2v) is 4.71. The highest BCUT2D eigenvalue weighted by molar-refractivity contribution is 4.95. The van der Waals surface area contributed by atoms with Gasteiger partial charge in [0.1, 0.15) is 0 Å². The first-order valence-corrected chi connectivity index (χ1v) is 6.25. The molecule has 0 saturated heterocycles. The van der Waals surface area contributed by atoms with Gasteiger partial charge in [0, 0.05) is 7.11 Å². The van der Waals surface area contributed by atoms with Crippen LogP contribution in [0.2, 0.25) is 0 Å². The Hall–Kier alpha value is -1.01. The van der Waals surface area contributed by atoms with Gasteiger partial charge in [-0.2, -0.15) is 0 Å².